The number of carbonyl (C=O) groups is 1. The maximum atomic E-state index is 12.8. The lowest BCUT2D eigenvalue weighted by Crippen LogP contribution is -2.18. The smallest absolute Gasteiger partial charge is 0.433 e. The summed E-state index contributed by atoms with van der Waals surface area (Å²) in [4.78, 5) is 22.4. The van der Waals surface area contributed by atoms with Crippen LogP contribution in [0.5, 0.6) is 0 Å². The van der Waals surface area contributed by atoms with E-state index in [4.69, 9.17) is 5.11 Å². The van der Waals surface area contributed by atoms with Gasteiger partial charge in [0.2, 0.25) is 0 Å². The monoisotopic (exact) mass is 300 g/mol. The summed E-state index contributed by atoms with van der Waals surface area (Å²) in [7, 11) is 0. The van der Waals surface area contributed by atoms with Gasteiger partial charge in [0, 0.05) is 5.56 Å². The van der Waals surface area contributed by atoms with Crippen molar-refractivity contribution in [2.75, 3.05) is 0 Å². The fourth-order valence-electron chi connectivity index (χ4n) is 1.52. The summed E-state index contributed by atoms with van der Waals surface area (Å²) in [5, 5.41) is 19.0. The molecule has 1 aromatic heterocycles. The molecular formula is C9H5F5N2O4. The van der Waals surface area contributed by atoms with Gasteiger partial charge in [-0.1, -0.05) is 0 Å². The number of pyridine rings is 1. The minimum Gasteiger partial charge on any atom is -0.481 e. The number of carboxylic acids is 1. The van der Waals surface area contributed by atoms with Gasteiger partial charge < -0.3 is 5.11 Å². The Balaban J connectivity index is 3.70. The number of nitro groups is 1. The Morgan fingerprint density at radius 3 is 2.35 bits per heavy atom. The summed E-state index contributed by atoms with van der Waals surface area (Å²) in [6, 6.07) is 0. The average molecular weight is 300 g/mol. The minimum atomic E-state index is -5.20. The van der Waals surface area contributed by atoms with Crippen LogP contribution in [-0.2, 0) is 17.4 Å². The van der Waals surface area contributed by atoms with Gasteiger partial charge >= 0.3 is 12.1 Å². The van der Waals surface area contributed by atoms with E-state index in [1.165, 1.54) is 0 Å². The van der Waals surface area contributed by atoms with Crippen LogP contribution in [0, 0.1) is 10.1 Å². The Bertz CT molecular complexity index is 558. The van der Waals surface area contributed by atoms with E-state index in [9.17, 15) is 36.9 Å². The van der Waals surface area contributed by atoms with Gasteiger partial charge in [-0.2, -0.15) is 13.2 Å². The van der Waals surface area contributed by atoms with Crippen molar-refractivity contribution in [1.82, 2.24) is 4.98 Å². The van der Waals surface area contributed by atoms with E-state index >= 15 is 0 Å². The van der Waals surface area contributed by atoms with Crippen LogP contribution in [0.25, 0.3) is 0 Å². The number of aliphatic carboxylic acids is 1. The van der Waals surface area contributed by atoms with Gasteiger partial charge in [0.15, 0.2) is 0 Å². The number of nitrogens with zero attached hydrogens (tertiary/aromatic N) is 2. The van der Waals surface area contributed by atoms with Gasteiger partial charge in [-0.3, -0.25) is 14.9 Å². The highest BCUT2D eigenvalue weighted by atomic mass is 19.4. The average Bonchev–Trinajstić information content (AvgIpc) is 2.25. The Labute approximate surface area is 107 Å². The lowest BCUT2D eigenvalue weighted by atomic mass is 10.0. The van der Waals surface area contributed by atoms with Crippen LogP contribution in [0.3, 0.4) is 0 Å². The molecule has 0 fully saturated rings. The van der Waals surface area contributed by atoms with Crippen LogP contribution in [0.2, 0.25) is 0 Å². The second-order valence-corrected chi connectivity index (χ2v) is 3.51. The quantitative estimate of drug-likeness (QED) is 0.524. The Hall–Kier alpha value is -2.33. The van der Waals surface area contributed by atoms with E-state index in [0.29, 0.717) is 0 Å². The van der Waals surface area contributed by atoms with Gasteiger partial charge in [-0.05, 0) is 0 Å². The van der Waals surface area contributed by atoms with Crippen molar-refractivity contribution >= 4 is 11.7 Å². The molecular weight excluding hydrogens is 295 g/mol. The molecule has 11 heteroatoms. The molecule has 20 heavy (non-hydrogen) atoms. The fraction of sp³-hybridized carbons (Fsp3) is 0.333. The Morgan fingerprint density at radius 1 is 1.45 bits per heavy atom. The summed E-state index contributed by atoms with van der Waals surface area (Å²) in [6.45, 7) is 0. The molecule has 0 saturated carbocycles. The summed E-state index contributed by atoms with van der Waals surface area (Å²) in [5.74, 6) is -1.85. The minimum absolute atomic E-state index is 0.0374. The molecule has 0 amide bonds. The molecule has 1 rings (SSSR count). The van der Waals surface area contributed by atoms with Gasteiger partial charge in [0.1, 0.15) is 17.5 Å². The second-order valence-electron chi connectivity index (χ2n) is 3.51. The molecule has 1 N–H and O–H groups in total. The Morgan fingerprint density at radius 2 is 2.00 bits per heavy atom. The van der Waals surface area contributed by atoms with Crippen molar-refractivity contribution in [2.45, 2.75) is 19.0 Å². The second kappa shape index (κ2) is 5.35. The molecule has 1 aromatic rings. The highest BCUT2D eigenvalue weighted by molar-refractivity contribution is 5.72. The van der Waals surface area contributed by atoms with Gasteiger partial charge in [0.25, 0.3) is 12.1 Å². The largest absolute Gasteiger partial charge is 0.481 e. The maximum absolute atomic E-state index is 12.8. The highest BCUT2D eigenvalue weighted by Gasteiger charge is 2.40. The van der Waals surface area contributed by atoms with Gasteiger partial charge in [0.05, 0.1) is 11.3 Å². The first-order valence-corrected chi connectivity index (χ1v) is 4.79. The molecule has 0 atom stereocenters. The van der Waals surface area contributed by atoms with Crippen molar-refractivity contribution in [1.29, 1.82) is 0 Å². The third-order valence-electron chi connectivity index (χ3n) is 2.21. The lowest BCUT2D eigenvalue weighted by Gasteiger charge is -2.14. The van der Waals surface area contributed by atoms with E-state index < -0.39 is 52.4 Å². The van der Waals surface area contributed by atoms with Crippen LogP contribution in [0.1, 0.15) is 23.2 Å². The zero-order chi connectivity index (χ0) is 15.7. The molecule has 0 unspecified atom stereocenters. The summed E-state index contributed by atoms with van der Waals surface area (Å²) < 4.78 is 63.4. The molecule has 0 aromatic carbocycles. The molecule has 1 heterocycles. The van der Waals surface area contributed by atoms with E-state index in [1.807, 2.05) is 0 Å². The molecule has 0 saturated heterocycles. The normalized spacial score (nSPS) is 11.7. The van der Waals surface area contributed by atoms with Crippen LogP contribution in [0.4, 0.5) is 27.6 Å². The van der Waals surface area contributed by atoms with Crippen LogP contribution < -0.4 is 0 Å². The number of hydrogen-bond donors (Lipinski definition) is 1. The summed E-state index contributed by atoms with van der Waals surface area (Å²) in [5.41, 5.74) is -6.22. The van der Waals surface area contributed by atoms with Crippen molar-refractivity contribution in [3.05, 3.63) is 33.1 Å². The topological polar surface area (TPSA) is 93.3 Å². The third-order valence-corrected chi connectivity index (χ3v) is 2.21. The zero-order valence-corrected chi connectivity index (χ0v) is 9.32. The predicted octanol–water partition coefficient (Wildman–Crippen LogP) is 2.57. The summed E-state index contributed by atoms with van der Waals surface area (Å²) in [6.07, 6.45) is -10.3. The lowest BCUT2D eigenvalue weighted by molar-refractivity contribution is -0.386. The molecule has 0 radical (unpaired) electrons. The van der Waals surface area contributed by atoms with E-state index in [2.05, 4.69) is 4.98 Å². The molecule has 0 aliphatic heterocycles. The van der Waals surface area contributed by atoms with Crippen molar-refractivity contribution in [3.8, 4) is 0 Å². The molecule has 0 spiro atoms. The van der Waals surface area contributed by atoms with E-state index in [1.54, 1.807) is 0 Å². The summed E-state index contributed by atoms with van der Waals surface area (Å²) >= 11 is 0. The predicted molar refractivity (Wildman–Crippen MR) is 52.2 cm³/mol. The third kappa shape index (κ3) is 3.16. The molecule has 110 valence electrons. The van der Waals surface area contributed by atoms with Crippen molar-refractivity contribution < 1.29 is 36.8 Å². The molecule has 6 nitrogen and oxygen atoms in total. The van der Waals surface area contributed by atoms with E-state index in [0.717, 1.165) is 0 Å². The SMILES string of the molecule is O=C(O)Cc1c(C(F)(F)F)ncc([N+](=O)[O-])c1C(F)F. The molecule has 0 aliphatic rings. The number of carboxylic acid groups (broad SMARTS) is 1. The molecule has 0 aliphatic carbocycles. The van der Waals surface area contributed by atoms with Crippen molar-refractivity contribution in [3.63, 3.8) is 0 Å². The first kappa shape index (κ1) is 15.7. The van der Waals surface area contributed by atoms with Crippen molar-refractivity contribution in [2.24, 2.45) is 0 Å². The molecule has 0 bridgehead atoms. The number of hydrogen-bond acceptors (Lipinski definition) is 4. The van der Waals surface area contributed by atoms with Gasteiger partial charge in [-0.25, -0.2) is 13.8 Å². The van der Waals surface area contributed by atoms with E-state index in [-0.39, 0.29) is 6.20 Å². The maximum Gasteiger partial charge on any atom is 0.433 e. The van der Waals surface area contributed by atoms with Crippen LogP contribution in [-0.4, -0.2) is 21.0 Å². The first-order chi connectivity index (χ1) is 9.05. The van der Waals surface area contributed by atoms with Crippen LogP contribution in [0.15, 0.2) is 6.20 Å². The first-order valence-electron chi connectivity index (χ1n) is 4.79. The Kier molecular flexibility index (Phi) is 4.20. The number of rotatable bonds is 4. The standard InChI is InChI=1S/C9H5F5N2O4/c10-8(11)6-3(1-5(17)18)7(9(12,13)14)15-2-4(6)16(19)20/h2,8H,1H2,(H,17,18). The fourth-order valence-corrected chi connectivity index (χ4v) is 1.52. The number of alkyl halides is 5. The highest BCUT2D eigenvalue weighted by Crippen LogP contribution is 2.39. The number of halogens is 5. The van der Waals surface area contributed by atoms with Gasteiger partial charge in [-0.15, -0.1) is 0 Å². The zero-order valence-electron chi connectivity index (χ0n) is 9.32. The van der Waals surface area contributed by atoms with Crippen LogP contribution >= 0.6 is 0 Å². The number of aromatic nitrogens is 1.